The Morgan fingerprint density at radius 3 is 2.71 bits per heavy atom. The number of amides is 1. The van der Waals surface area contributed by atoms with Gasteiger partial charge in [-0.05, 0) is 18.6 Å². The molecular weight excluding hydrogens is 218 g/mol. The monoisotopic (exact) mass is 237 g/mol. The van der Waals surface area contributed by atoms with Gasteiger partial charge in [-0.3, -0.25) is 4.79 Å². The molecule has 0 saturated carbocycles. The van der Waals surface area contributed by atoms with Gasteiger partial charge in [-0.15, -0.1) is 0 Å². The standard InChI is InChI=1S/C13H19NO3/c1-2-3-7-10-16-11-13(15)14-17-12-8-5-4-6-9-12/h4-6,8-9H,2-3,7,10-11H2,1H3,(H,14,15). The van der Waals surface area contributed by atoms with Crippen molar-refractivity contribution in [2.75, 3.05) is 13.2 Å². The summed E-state index contributed by atoms with van der Waals surface area (Å²) in [6.07, 6.45) is 3.26. The molecule has 94 valence electrons. The molecule has 1 aromatic carbocycles. The van der Waals surface area contributed by atoms with Crippen LogP contribution in [0.4, 0.5) is 0 Å². The highest BCUT2D eigenvalue weighted by Gasteiger charge is 2.01. The van der Waals surface area contributed by atoms with Crippen molar-refractivity contribution in [2.24, 2.45) is 0 Å². The average Bonchev–Trinajstić information content (AvgIpc) is 2.37. The van der Waals surface area contributed by atoms with Gasteiger partial charge in [0.2, 0.25) is 0 Å². The van der Waals surface area contributed by atoms with Crippen LogP contribution >= 0.6 is 0 Å². The Bertz CT molecular complexity index is 314. The molecule has 0 atom stereocenters. The van der Waals surface area contributed by atoms with E-state index >= 15 is 0 Å². The Balaban J connectivity index is 2.05. The molecule has 4 nitrogen and oxygen atoms in total. The number of benzene rings is 1. The quantitative estimate of drug-likeness (QED) is 0.557. The fourth-order valence-electron chi connectivity index (χ4n) is 1.25. The number of hydroxylamine groups is 1. The number of hydrogen-bond acceptors (Lipinski definition) is 3. The van der Waals surface area contributed by atoms with Crippen LogP contribution in [-0.4, -0.2) is 19.1 Å². The van der Waals surface area contributed by atoms with Gasteiger partial charge < -0.3 is 9.57 Å². The molecule has 1 amide bonds. The largest absolute Gasteiger partial charge is 0.379 e. The van der Waals surface area contributed by atoms with Crippen LogP contribution in [0, 0.1) is 0 Å². The zero-order chi connectivity index (χ0) is 12.3. The number of nitrogens with one attached hydrogen (secondary N) is 1. The summed E-state index contributed by atoms with van der Waals surface area (Å²) < 4.78 is 5.19. The fraction of sp³-hybridized carbons (Fsp3) is 0.462. The summed E-state index contributed by atoms with van der Waals surface area (Å²) >= 11 is 0. The molecule has 0 spiro atoms. The first-order valence-corrected chi connectivity index (χ1v) is 5.91. The zero-order valence-electron chi connectivity index (χ0n) is 10.1. The van der Waals surface area contributed by atoms with E-state index < -0.39 is 0 Å². The molecule has 0 fully saturated rings. The van der Waals surface area contributed by atoms with E-state index in [4.69, 9.17) is 9.57 Å². The lowest BCUT2D eigenvalue weighted by Crippen LogP contribution is -2.30. The van der Waals surface area contributed by atoms with Crippen molar-refractivity contribution >= 4 is 5.91 Å². The van der Waals surface area contributed by atoms with Crippen molar-refractivity contribution in [3.8, 4) is 5.75 Å². The minimum Gasteiger partial charge on any atom is -0.379 e. The van der Waals surface area contributed by atoms with Gasteiger partial charge in [0.15, 0.2) is 5.75 Å². The number of carbonyl (C=O) groups excluding carboxylic acids is 1. The van der Waals surface area contributed by atoms with Crippen molar-refractivity contribution in [3.63, 3.8) is 0 Å². The molecule has 0 heterocycles. The van der Waals surface area contributed by atoms with Crippen molar-refractivity contribution in [1.82, 2.24) is 5.48 Å². The molecule has 1 rings (SSSR count). The lowest BCUT2D eigenvalue weighted by atomic mass is 10.3. The summed E-state index contributed by atoms with van der Waals surface area (Å²) in [6, 6.07) is 9.09. The topological polar surface area (TPSA) is 47.6 Å². The summed E-state index contributed by atoms with van der Waals surface area (Å²) in [7, 11) is 0. The molecular formula is C13H19NO3. The molecule has 0 radical (unpaired) electrons. The first-order chi connectivity index (χ1) is 8.33. The summed E-state index contributed by atoms with van der Waals surface area (Å²) in [5, 5.41) is 0. The Kier molecular flexibility index (Phi) is 6.82. The maximum Gasteiger partial charge on any atom is 0.278 e. The fourth-order valence-corrected chi connectivity index (χ4v) is 1.25. The molecule has 0 saturated heterocycles. The van der Waals surface area contributed by atoms with Crippen molar-refractivity contribution in [2.45, 2.75) is 26.2 Å². The first kappa shape index (κ1) is 13.5. The molecule has 0 aliphatic rings. The minimum atomic E-state index is -0.273. The molecule has 0 aromatic heterocycles. The van der Waals surface area contributed by atoms with Gasteiger partial charge in [-0.1, -0.05) is 38.0 Å². The van der Waals surface area contributed by atoms with Crippen LogP contribution in [0.5, 0.6) is 5.75 Å². The summed E-state index contributed by atoms with van der Waals surface area (Å²) in [4.78, 5) is 16.4. The second-order valence-corrected chi connectivity index (χ2v) is 3.70. The maximum absolute atomic E-state index is 11.3. The molecule has 17 heavy (non-hydrogen) atoms. The van der Waals surface area contributed by atoms with Gasteiger partial charge >= 0.3 is 0 Å². The normalized spacial score (nSPS) is 9.94. The zero-order valence-corrected chi connectivity index (χ0v) is 10.1. The van der Waals surface area contributed by atoms with E-state index in [0.717, 1.165) is 19.3 Å². The lowest BCUT2D eigenvalue weighted by molar-refractivity contribution is -0.132. The molecule has 0 unspecified atom stereocenters. The lowest BCUT2D eigenvalue weighted by Gasteiger charge is -2.07. The third-order valence-electron chi connectivity index (χ3n) is 2.15. The third-order valence-corrected chi connectivity index (χ3v) is 2.15. The van der Waals surface area contributed by atoms with Crippen LogP contribution in [0.25, 0.3) is 0 Å². The third kappa shape index (κ3) is 6.58. The molecule has 1 N–H and O–H groups in total. The van der Waals surface area contributed by atoms with Crippen LogP contribution in [0.15, 0.2) is 30.3 Å². The smallest absolute Gasteiger partial charge is 0.278 e. The number of carbonyl (C=O) groups is 1. The summed E-state index contributed by atoms with van der Waals surface area (Å²) in [5.74, 6) is 0.331. The highest BCUT2D eigenvalue weighted by Crippen LogP contribution is 2.06. The Morgan fingerprint density at radius 2 is 2.00 bits per heavy atom. The predicted octanol–water partition coefficient (Wildman–Crippen LogP) is 2.30. The van der Waals surface area contributed by atoms with Crippen molar-refractivity contribution in [3.05, 3.63) is 30.3 Å². The summed E-state index contributed by atoms with van der Waals surface area (Å²) in [6.45, 7) is 2.78. The van der Waals surface area contributed by atoms with Gasteiger partial charge in [0.1, 0.15) is 6.61 Å². The van der Waals surface area contributed by atoms with E-state index in [1.54, 1.807) is 12.1 Å². The van der Waals surface area contributed by atoms with E-state index in [2.05, 4.69) is 12.4 Å². The van der Waals surface area contributed by atoms with Crippen LogP contribution < -0.4 is 10.3 Å². The van der Waals surface area contributed by atoms with E-state index in [-0.39, 0.29) is 12.5 Å². The van der Waals surface area contributed by atoms with Gasteiger partial charge in [0.05, 0.1) is 0 Å². The molecule has 1 aromatic rings. The highest BCUT2D eigenvalue weighted by molar-refractivity contribution is 5.76. The number of ether oxygens (including phenoxy) is 1. The Hall–Kier alpha value is -1.55. The second-order valence-electron chi connectivity index (χ2n) is 3.70. The Labute approximate surface area is 102 Å². The predicted molar refractivity (Wildman–Crippen MR) is 65.6 cm³/mol. The van der Waals surface area contributed by atoms with Crippen molar-refractivity contribution < 1.29 is 14.4 Å². The number of rotatable bonds is 8. The highest BCUT2D eigenvalue weighted by atomic mass is 16.7. The number of unbranched alkanes of at least 4 members (excludes halogenated alkanes) is 2. The molecule has 0 bridgehead atoms. The number of para-hydroxylation sites is 1. The molecule has 4 heteroatoms. The molecule has 0 aliphatic heterocycles. The minimum absolute atomic E-state index is 0.0382. The van der Waals surface area contributed by atoms with E-state index in [1.165, 1.54) is 0 Å². The molecule has 0 aliphatic carbocycles. The van der Waals surface area contributed by atoms with Gasteiger partial charge in [-0.25, -0.2) is 0 Å². The SMILES string of the molecule is CCCCCOCC(=O)NOc1ccccc1. The van der Waals surface area contributed by atoms with Gasteiger partial charge in [-0.2, -0.15) is 5.48 Å². The van der Waals surface area contributed by atoms with Gasteiger partial charge in [0, 0.05) is 6.61 Å². The van der Waals surface area contributed by atoms with Crippen LogP contribution in [0.1, 0.15) is 26.2 Å². The second kappa shape index (κ2) is 8.58. The van der Waals surface area contributed by atoms with Crippen LogP contribution in [0.2, 0.25) is 0 Å². The van der Waals surface area contributed by atoms with E-state index in [1.807, 2.05) is 18.2 Å². The average molecular weight is 237 g/mol. The van der Waals surface area contributed by atoms with Gasteiger partial charge in [0.25, 0.3) is 5.91 Å². The maximum atomic E-state index is 11.3. The number of hydrogen-bond donors (Lipinski definition) is 1. The Morgan fingerprint density at radius 1 is 1.24 bits per heavy atom. The van der Waals surface area contributed by atoms with E-state index in [9.17, 15) is 4.79 Å². The summed E-state index contributed by atoms with van der Waals surface area (Å²) in [5.41, 5.74) is 2.33. The van der Waals surface area contributed by atoms with E-state index in [0.29, 0.717) is 12.4 Å². The van der Waals surface area contributed by atoms with Crippen LogP contribution in [0.3, 0.4) is 0 Å². The first-order valence-electron chi connectivity index (χ1n) is 5.91. The van der Waals surface area contributed by atoms with Crippen LogP contribution in [-0.2, 0) is 9.53 Å². The van der Waals surface area contributed by atoms with Crippen molar-refractivity contribution in [1.29, 1.82) is 0 Å².